The van der Waals surface area contributed by atoms with Crippen molar-refractivity contribution in [2.24, 2.45) is 10.9 Å². The molecule has 2 aromatic rings. The molecular weight excluding hydrogens is 410 g/mol. The van der Waals surface area contributed by atoms with Gasteiger partial charge in [-0.3, -0.25) is 14.5 Å². The number of nitrogens with one attached hydrogen (secondary N) is 1. The minimum absolute atomic E-state index is 0.0930. The lowest BCUT2D eigenvalue weighted by Gasteiger charge is -2.32. The first-order valence-electron chi connectivity index (χ1n) is 10.9. The van der Waals surface area contributed by atoms with Gasteiger partial charge in [0.15, 0.2) is 0 Å². The fourth-order valence-electron chi connectivity index (χ4n) is 4.27. The summed E-state index contributed by atoms with van der Waals surface area (Å²) in [6.07, 6.45) is 4.63. The van der Waals surface area contributed by atoms with Gasteiger partial charge in [0.2, 0.25) is 5.91 Å². The molecule has 0 atom stereocenters. The predicted octanol–water partition coefficient (Wildman–Crippen LogP) is 3.30. The summed E-state index contributed by atoms with van der Waals surface area (Å²) in [5, 5.41) is 0. The van der Waals surface area contributed by atoms with Gasteiger partial charge < -0.3 is 4.90 Å². The Balaban J connectivity index is 1.23. The van der Waals surface area contributed by atoms with Crippen LogP contribution in [0.25, 0.3) is 0 Å². The zero-order chi connectivity index (χ0) is 21.8. The second-order valence-electron chi connectivity index (χ2n) is 8.43. The van der Waals surface area contributed by atoms with Gasteiger partial charge in [-0.1, -0.05) is 42.0 Å². The third-order valence-corrected chi connectivity index (χ3v) is 7.58. The van der Waals surface area contributed by atoms with Gasteiger partial charge >= 0.3 is 0 Å². The number of amides is 1. The van der Waals surface area contributed by atoms with Crippen molar-refractivity contribution in [1.29, 1.82) is 0 Å². The predicted molar refractivity (Wildman–Crippen MR) is 122 cm³/mol. The van der Waals surface area contributed by atoms with E-state index in [1.54, 1.807) is 24.3 Å². The fraction of sp³-hybridized carbons (Fsp3) is 0.417. The molecule has 2 heterocycles. The number of carbonyl (C=O) groups is 1. The quantitative estimate of drug-likeness (QED) is 0.750. The standard InChI is InChI=1S/C24H29N3O3S/c1-18-6-8-19(9-7-18)10-11-20-13-16-27(17-14-20)23(28)12-15-25-24-21-4-2-3-5-22(21)31(29,30)26-24/h2-9,20H,10-17H2,1H3,(H,25,26). The van der Waals surface area contributed by atoms with Crippen LogP contribution in [0.2, 0.25) is 0 Å². The number of piperidine rings is 1. The normalized spacial score (nSPS) is 19.3. The number of fused-ring (bicyclic) bond motifs is 1. The third-order valence-electron chi connectivity index (χ3n) is 6.19. The van der Waals surface area contributed by atoms with E-state index in [1.807, 2.05) is 4.90 Å². The van der Waals surface area contributed by atoms with Crippen LogP contribution in [0.5, 0.6) is 0 Å². The molecule has 164 valence electrons. The van der Waals surface area contributed by atoms with E-state index >= 15 is 0 Å². The number of likely N-dealkylation sites (tertiary alicyclic amines) is 1. The van der Waals surface area contributed by atoms with Crippen LogP contribution in [0, 0.1) is 12.8 Å². The largest absolute Gasteiger partial charge is 0.343 e. The summed E-state index contributed by atoms with van der Waals surface area (Å²) in [5.74, 6) is 1.09. The van der Waals surface area contributed by atoms with E-state index in [0.29, 0.717) is 23.7 Å². The Morgan fingerprint density at radius 2 is 1.81 bits per heavy atom. The molecule has 1 saturated heterocycles. The number of amidine groups is 1. The Labute approximate surface area is 184 Å². The monoisotopic (exact) mass is 439 g/mol. The molecule has 0 aromatic heterocycles. The molecule has 2 aliphatic rings. The van der Waals surface area contributed by atoms with Crippen molar-refractivity contribution in [2.45, 2.75) is 43.9 Å². The molecule has 0 saturated carbocycles. The molecule has 2 aromatic carbocycles. The number of aryl methyl sites for hydroxylation is 2. The van der Waals surface area contributed by atoms with E-state index in [1.165, 1.54) is 11.1 Å². The number of aliphatic imine (C=N–C) groups is 1. The van der Waals surface area contributed by atoms with Crippen molar-refractivity contribution < 1.29 is 13.2 Å². The number of sulfonamides is 1. The van der Waals surface area contributed by atoms with Crippen molar-refractivity contribution in [2.75, 3.05) is 19.6 Å². The lowest BCUT2D eigenvalue weighted by molar-refractivity contribution is -0.132. The van der Waals surface area contributed by atoms with Gasteiger partial charge in [-0.2, -0.15) is 0 Å². The van der Waals surface area contributed by atoms with Crippen molar-refractivity contribution in [3.8, 4) is 0 Å². The van der Waals surface area contributed by atoms with E-state index in [-0.39, 0.29) is 17.3 Å². The molecule has 0 radical (unpaired) electrons. The summed E-state index contributed by atoms with van der Waals surface area (Å²) >= 11 is 0. The van der Waals surface area contributed by atoms with Crippen LogP contribution in [-0.4, -0.2) is 44.7 Å². The number of benzene rings is 2. The summed E-state index contributed by atoms with van der Waals surface area (Å²) in [6.45, 7) is 3.97. The molecule has 0 spiro atoms. The Morgan fingerprint density at radius 1 is 1.10 bits per heavy atom. The molecule has 0 bridgehead atoms. The molecule has 7 heteroatoms. The highest BCUT2D eigenvalue weighted by Crippen LogP contribution is 2.24. The van der Waals surface area contributed by atoms with Crippen molar-refractivity contribution in [1.82, 2.24) is 9.62 Å². The minimum Gasteiger partial charge on any atom is -0.343 e. The van der Waals surface area contributed by atoms with Crippen molar-refractivity contribution in [3.05, 3.63) is 65.2 Å². The van der Waals surface area contributed by atoms with Gasteiger partial charge in [0.25, 0.3) is 10.0 Å². The lowest BCUT2D eigenvalue weighted by atomic mass is 9.90. The van der Waals surface area contributed by atoms with E-state index in [4.69, 9.17) is 0 Å². The van der Waals surface area contributed by atoms with Crippen LogP contribution in [0.3, 0.4) is 0 Å². The van der Waals surface area contributed by atoms with Gasteiger partial charge in [0, 0.05) is 25.1 Å². The van der Waals surface area contributed by atoms with E-state index in [0.717, 1.165) is 38.8 Å². The maximum absolute atomic E-state index is 12.6. The van der Waals surface area contributed by atoms with Crippen LogP contribution in [-0.2, 0) is 21.2 Å². The maximum atomic E-state index is 12.6. The van der Waals surface area contributed by atoms with Crippen LogP contribution in [0.1, 0.15) is 42.4 Å². The number of hydrogen-bond acceptors (Lipinski definition) is 4. The van der Waals surface area contributed by atoms with Crippen molar-refractivity contribution >= 4 is 21.8 Å². The molecule has 2 aliphatic heterocycles. The Morgan fingerprint density at radius 3 is 2.55 bits per heavy atom. The van der Waals surface area contributed by atoms with Crippen molar-refractivity contribution in [3.63, 3.8) is 0 Å². The average Bonchev–Trinajstić information content (AvgIpc) is 3.04. The number of carbonyl (C=O) groups excluding carboxylic acids is 1. The first-order valence-corrected chi connectivity index (χ1v) is 12.4. The molecule has 1 N–H and O–H groups in total. The van der Waals surface area contributed by atoms with Crippen LogP contribution in [0.4, 0.5) is 0 Å². The van der Waals surface area contributed by atoms with Gasteiger partial charge in [0.1, 0.15) is 5.84 Å². The highest BCUT2D eigenvalue weighted by Gasteiger charge is 2.30. The summed E-state index contributed by atoms with van der Waals surface area (Å²) in [5.41, 5.74) is 3.24. The van der Waals surface area contributed by atoms with Crippen LogP contribution >= 0.6 is 0 Å². The Bertz CT molecular complexity index is 1070. The molecular formula is C24H29N3O3S. The molecule has 31 heavy (non-hydrogen) atoms. The van der Waals surface area contributed by atoms with Gasteiger partial charge in [0.05, 0.1) is 11.4 Å². The van der Waals surface area contributed by atoms with Crippen LogP contribution < -0.4 is 4.72 Å². The zero-order valence-electron chi connectivity index (χ0n) is 17.9. The molecule has 1 fully saturated rings. The van der Waals surface area contributed by atoms with Crippen LogP contribution in [0.15, 0.2) is 58.4 Å². The first-order chi connectivity index (χ1) is 14.9. The first kappa shape index (κ1) is 21.6. The van der Waals surface area contributed by atoms with Gasteiger partial charge in [-0.15, -0.1) is 0 Å². The molecule has 4 rings (SSSR count). The highest BCUT2D eigenvalue weighted by atomic mass is 32.2. The molecule has 6 nitrogen and oxygen atoms in total. The zero-order valence-corrected chi connectivity index (χ0v) is 18.7. The SMILES string of the molecule is Cc1ccc(CCC2CCN(C(=O)CCN=C3NS(=O)(=O)c4ccccc43)CC2)cc1. The summed E-state index contributed by atoms with van der Waals surface area (Å²) < 4.78 is 26.7. The van der Waals surface area contributed by atoms with E-state index in [9.17, 15) is 13.2 Å². The number of hydrogen-bond donors (Lipinski definition) is 1. The second-order valence-corrected chi connectivity index (χ2v) is 10.1. The topological polar surface area (TPSA) is 78.8 Å². The number of nitrogens with zero attached hydrogens (tertiary/aromatic N) is 2. The number of rotatable bonds is 6. The molecule has 0 unspecified atom stereocenters. The molecule has 1 amide bonds. The summed E-state index contributed by atoms with van der Waals surface area (Å²) in [7, 11) is -3.54. The summed E-state index contributed by atoms with van der Waals surface area (Å²) in [4.78, 5) is 19.1. The third kappa shape index (κ3) is 5.15. The smallest absolute Gasteiger partial charge is 0.263 e. The lowest BCUT2D eigenvalue weighted by Crippen LogP contribution is -2.38. The maximum Gasteiger partial charge on any atom is 0.263 e. The average molecular weight is 440 g/mol. The van der Waals surface area contributed by atoms with Gasteiger partial charge in [-0.05, 0) is 56.2 Å². The Hall–Kier alpha value is -2.67. The summed E-state index contributed by atoms with van der Waals surface area (Å²) in [6, 6.07) is 15.5. The van der Waals surface area contributed by atoms with E-state index in [2.05, 4.69) is 40.9 Å². The minimum atomic E-state index is -3.54. The Kier molecular flexibility index (Phi) is 6.41. The van der Waals surface area contributed by atoms with E-state index < -0.39 is 10.0 Å². The second kappa shape index (κ2) is 9.22. The molecule has 0 aliphatic carbocycles. The highest BCUT2D eigenvalue weighted by molar-refractivity contribution is 7.90. The fourth-order valence-corrected chi connectivity index (χ4v) is 5.52. The van der Waals surface area contributed by atoms with Gasteiger partial charge in [-0.25, -0.2) is 8.42 Å².